The molecule has 0 amide bonds. The summed E-state index contributed by atoms with van der Waals surface area (Å²) in [6.45, 7) is 4.48. The lowest BCUT2D eigenvalue weighted by Gasteiger charge is -2.13. The number of methoxy groups -OCH3 is 1. The molecule has 0 aliphatic carbocycles. The highest BCUT2D eigenvalue weighted by Crippen LogP contribution is 2.00. The fraction of sp³-hybridized carbons (Fsp3) is 0.609. The number of hydrogen-bond donors (Lipinski definition) is 0. The molecule has 0 saturated heterocycles. The van der Waals surface area contributed by atoms with Crippen LogP contribution in [0.2, 0.25) is 0 Å². The van der Waals surface area contributed by atoms with E-state index >= 15 is 0 Å². The molecule has 0 fully saturated rings. The molecule has 0 unspecified atom stereocenters. The van der Waals surface area contributed by atoms with Gasteiger partial charge in [0.05, 0.1) is 7.11 Å². The average molecular weight is 362 g/mol. The molecule has 0 spiro atoms. The minimum Gasteiger partial charge on any atom is -0.469 e. The first kappa shape index (κ1) is 24.4. The van der Waals surface area contributed by atoms with E-state index < -0.39 is 0 Å². The Morgan fingerprint density at radius 1 is 0.846 bits per heavy atom. The number of esters is 1. The lowest BCUT2D eigenvalue weighted by atomic mass is 10.2. The van der Waals surface area contributed by atoms with E-state index in [1.807, 2.05) is 0 Å². The van der Waals surface area contributed by atoms with E-state index in [0.29, 0.717) is 6.42 Å². The van der Waals surface area contributed by atoms with Gasteiger partial charge in [-0.15, -0.1) is 0 Å². The quantitative estimate of drug-likeness (QED) is 0.196. The van der Waals surface area contributed by atoms with Crippen molar-refractivity contribution in [2.75, 3.05) is 27.2 Å². The zero-order chi connectivity index (χ0) is 19.3. The van der Waals surface area contributed by atoms with Crippen molar-refractivity contribution in [1.29, 1.82) is 0 Å². The zero-order valence-corrected chi connectivity index (χ0v) is 17.2. The SMILES string of the molecule is CCCCCN(C)C/C=C\C/C=C\C/C=C\C/C=C\CCCC(=O)OC. The Morgan fingerprint density at radius 2 is 1.42 bits per heavy atom. The Hall–Kier alpha value is -1.61. The van der Waals surface area contributed by atoms with E-state index in [4.69, 9.17) is 0 Å². The van der Waals surface area contributed by atoms with Crippen LogP contribution in [0.3, 0.4) is 0 Å². The largest absolute Gasteiger partial charge is 0.469 e. The summed E-state index contributed by atoms with van der Waals surface area (Å²) in [5.41, 5.74) is 0. The molecule has 0 bridgehead atoms. The van der Waals surface area contributed by atoms with Crippen molar-refractivity contribution in [3.05, 3.63) is 48.6 Å². The number of likely N-dealkylation sites (N-methyl/N-ethyl adjacent to an activating group) is 1. The number of ether oxygens (including phenoxy) is 1. The Morgan fingerprint density at radius 3 is 2.00 bits per heavy atom. The summed E-state index contributed by atoms with van der Waals surface area (Å²) in [7, 11) is 3.62. The van der Waals surface area contributed by atoms with Gasteiger partial charge in [-0.25, -0.2) is 0 Å². The number of carbonyl (C=O) groups excluding carboxylic acids is 1. The van der Waals surface area contributed by atoms with Gasteiger partial charge in [0, 0.05) is 13.0 Å². The van der Waals surface area contributed by atoms with Gasteiger partial charge in [0.25, 0.3) is 0 Å². The van der Waals surface area contributed by atoms with Gasteiger partial charge in [0.15, 0.2) is 0 Å². The first-order valence-corrected chi connectivity index (χ1v) is 10.1. The number of carbonyl (C=O) groups is 1. The predicted octanol–water partition coefficient (Wildman–Crippen LogP) is 5.85. The predicted molar refractivity (Wildman–Crippen MR) is 113 cm³/mol. The lowest BCUT2D eigenvalue weighted by molar-refractivity contribution is -0.140. The molecule has 3 heteroatoms. The van der Waals surface area contributed by atoms with Crippen LogP contribution < -0.4 is 0 Å². The molecular weight excluding hydrogens is 322 g/mol. The molecule has 0 heterocycles. The van der Waals surface area contributed by atoms with E-state index in [0.717, 1.165) is 38.6 Å². The fourth-order valence-electron chi connectivity index (χ4n) is 2.37. The number of unbranched alkanes of at least 4 members (excludes halogenated alkanes) is 3. The van der Waals surface area contributed by atoms with Gasteiger partial charge in [-0.3, -0.25) is 4.79 Å². The molecule has 0 saturated carbocycles. The van der Waals surface area contributed by atoms with Crippen molar-refractivity contribution in [1.82, 2.24) is 4.90 Å². The van der Waals surface area contributed by atoms with E-state index in [1.165, 1.54) is 32.9 Å². The minimum atomic E-state index is -0.126. The average Bonchev–Trinajstić information content (AvgIpc) is 2.64. The maximum atomic E-state index is 10.9. The number of allylic oxidation sites excluding steroid dienone is 7. The second-order valence-corrected chi connectivity index (χ2v) is 6.53. The summed E-state index contributed by atoms with van der Waals surface area (Å²) in [5, 5.41) is 0. The van der Waals surface area contributed by atoms with Crippen molar-refractivity contribution >= 4 is 5.97 Å². The Bertz CT molecular complexity index is 435. The molecule has 0 atom stereocenters. The zero-order valence-electron chi connectivity index (χ0n) is 17.2. The van der Waals surface area contributed by atoms with Gasteiger partial charge < -0.3 is 9.64 Å². The monoisotopic (exact) mass is 361 g/mol. The van der Waals surface area contributed by atoms with Crippen LogP contribution in [-0.2, 0) is 9.53 Å². The first-order valence-electron chi connectivity index (χ1n) is 10.1. The Balaban J connectivity index is 3.52. The highest BCUT2D eigenvalue weighted by molar-refractivity contribution is 5.69. The molecule has 0 aromatic rings. The molecule has 3 nitrogen and oxygen atoms in total. The third kappa shape index (κ3) is 18.7. The second-order valence-electron chi connectivity index (χ2n) is 6.53. The molecule has 0 aromatic heterocycles. The highest BCUT2D eigenvalue weighted by Gasteiger charge is 1.96. The fourth-order valence-corrected chi connectivity index (χ4v) is 2.37. The van der Waals surface area contributed by atoms with Crippen molar-refractivity contribution in [3.63, 3.8) is 0 Å². The van der Waals surface area contributed by atoms with Crippen molar-refractivity contribution in [2.24, 2.45) is 0 Å². The Kier molecular flexibility index (Phi) is 18.5. The van der Waals surface area contributed by atoms with Crippen LogP contribution in [0, 0.1) is 0 Å². The van der Waals surface area contributed by atoms with Crippen LogP contribution >= 0.6 is 0 Å². The van der Waals surface area contributed by atoms with Gasteiger partial charge in [0.2, 0.25) is 0 Å². The van der Waals surface area contributed by atoms with E-state index in [2.05, 4.69) is 72.2 Å². The standard InChI is InChI=1S/C23H39NO2/c1-4-5-18-21-24(2)22-19-16-14-12-10-8-6-7-9-11-13-15-17-20-23(25)26-3/h6-7,10-13,16,19H,4-5,8-9,14-15,17-18,20-22H2,1-3H3/b7-6-,12-10-,13-11-,19-16-. The van der Waals surface area contributed by atoms with Crippen LogP contribution in [-0.4, -0.2) is 38.1 Å². The molecule has 0 N–H and O–H groups in total. The van der Waals surface area contributed by atoms with E-state index in [-0.39, 0.29) is 5.97 Å². The maximum Gasteiger partial charge on any atom is 0.305 e. The summed E-state index contributed by atoms with van der Waals surface area (Å²) < 4.78 is 4.61. The maximum absolute atomic E-state index is 10.9. The summed E-state index contributed by atoms with van der Waals surface area (Å²) in [6.07, 6.45) is 26.8. The summed E-state index contributed by atoms with van der Waals surface area (Å²) in [6, 6.07) is 0. The summed E-state index contributed by atoms with van der Waals surface area (Å²) >= 11 is 0. The van der Waals surface area contributed by atoms with Crippen LogP contribution in [0.4, 0.5) is 0 Å². The van der Waals surface area contributed by atoms with Crippen LogP contribution in [0.5, 0.6) is 0 Å². The lowest BCUT2D eigenvalue weighted by Crippen LogP contribution is -2.19. The van der Waals surface area contributed by atoms with E-state index in [1.54, 1.807) is 0 Å². The van der Waals surface area contributed by atoms with Gasteiger partial charge >= 0.3 is 5.97 Å². The van der Waals surface area contributed by atoms with Crippen molar-refractivity contribution < 1.29 is 9.53 Å². The van der Waals surface area contributed by atoms with Gasteiger partial charge in [-0.2, -0.15) is 0 Å². The van der Waals surface area contributed by atoms with Gasteiger partial charge in [-0.05, 0) is 52.1 Å². The van der Waals surface area contributed by atoms with Gasteiger partial charge in [-0.1, -0.05) is 68.4 Å². The summed E-state index contributed by atoms with van der Waals surface area (Å²) in [4.78, 5) is 13.3. The van der Waals surface area contributed by atoms with E-state index in [9.17, 15) is 4.79 Å². The third-order valence-electron chi connectivity index (χ3n) is 4.02. The molecule has 26 heavy (non-hydrogen) atoms. The number of nitrogens with zero attached hydrogens (tertiary/aromatic N) is 1. The minimum absolute atomic E-state index is 0.126. The van der Waals surface area contributed by atoms with Crippen molar-refractivity contribution in [3.8, 4) is 0 Å². The molecule has 148 valence electrons. The second kappa shape index (κ2) is 19.7. The summed E-state index contributed by atoms with van der Waals surface area (Å²) in [5.74, 6) is -0.126. The molecule has 0 radical (unpaired) electrons. The normalized spacial score (nSPS) is 12.5. The van der Waals surface area contributed by atoms with Crippen LogP contribution in [0.25, 0.3) is 0 Å². The van der Waals surface area contributed by atoms with Crippen LogP contribution in [0.1, 0.15) is 64.7 Å². The molecule has 0 aliphatic heterocycles. The molecule has 0 rings (SSSR count). The first-order chi connectivity index (χ1) is 12.7. The molecule has 0 aromatic carbocycles. The topological polar surface area (TPSA) is 29.5 Å². The number of rotatable bonds is 16. The highest BCUT2D eigenvalue weighted by atomic mass is 16.5. The molecular formula is C23H39NO2. The Labute approximate surface area is 161 Å². The number of hydrogen-bond acceptors (Lipinski definition) is 3. The molecule has 0 aliphatic rings. The van der Waals surface area contributed by atoms with Gasteiger partial charge in [0.1, 0.15) is 0 Å². The van der Waals surface area contributed by atoms with Crippen molar-refractivity contribution in [2.45, 2.75) is 64.7 Å². The third-order valence-corrected chi connectivity index (χ3v) is 4.02. The smallest absolute Gasteiger partial charge is 0.305 e. The van der Waals surface area contributed by atoms with Crippen LogP contribution in [0.15, 0.2) is 48.6 Å².